The van der Waals surface area contributed by atoms with Gasteiger partial charge in [-0.1, -0.05) is 6.92 Å². The molecule has 22 heavy (non-hydrogen) atoms. The molecule has 1 aromatic rings. The van der Waals surface area contributed by atoms with E-state index in [1.165, 1.54) is 12.1 Å². The lowest BCUT2D eigenvalue weighted by molar-refractivity contribution is -0.126. The van der Waals surface area contributed by atoms with Crippen LogP contribution in [0.2, 0.25) is 0 Å². The molecule has 1 fully saturated rings. The summed E-state index contributed by atoms with van der Waals surface area (Å²) in [6.07, 6.45) is 0. The minimum atomic E-state index is -0.344. The van der Waals surface area contributed by atoms with Gasteiger partial charge in [0.05, 0.1) is 6.61 Å². The summed E-state index contributed by atoms with van der Waals surface area (Å²) in [6, 6.07) is 2.81. The van der Waals surface area contributed by atoms with Crippen LogP contribution in [0, 0.1) is 17.7 Å². The second kappa shape index (κ2) is 7.26. The van der Waals surface area contributed by atoms with E-state index < -0.39 is 0 Å². The maximum Gasteiger partial charge on any atom is 0.223 e. The van der Waals surface area contributed by atoms with E-state index in [0.29, 0.717) is 29.4 Å². The Labute approximate surface area is 135 Å². The quantitative estimate of drug-likeness (QED) is 0.880. The molecule has 1 saturated heterocycles. The first kappa shape index (κ1) is 17.0. The Balaban J connectivity index is 0.00000176. The summed E-state index contributed by atoms with van der Waals surface area (Å²) in [5, 5.41) is 6.03. The van der Waals surface area contributed by atoms with Crippen molar-refractivity contribution in [2.24, 2.45) is 11.8 Å². The molecule has 0 spiro atoms. The SMILES string of the molecule is CC(C(=O)NCc1cc(F)cc2c1OCOC2)C1CNC1.Cl. The summed E-state index contributed by atoms with van der Waals surface area (Å²) in [5.74, 6) is 0.617. The maximum atomic E-state index is 13.6. The predicted molar refractivity (Wildman–Crippen MR) is 81.3 cm³/mol. The molecule has 0 aliphatic carbocycles. The predicted octanol–water partition coefficient (Wildman–Crippen LogP) is 1.59. The Morgan fingerprint density at radius 2 is 2.27 bits per heavy atom. The van der Waals surface area contributed by atoms with Crippen LogP contribution >= 0.6 is 12.4 Å². The zero-order chi connectivity index (χ0) is 14.8. The van der Waals surface area contributed by atoms with Gasteiger partial charge in [-0.2, -0.15) is 0 Å². The molecule has 5 nitrogen and oxygen atoms in total. The summed E-state index contributed by atoms with van der Waals surface area (Å²) in [6.45, 7) is 4.44. The van der Waals surface area contributed by atoms with Gasteiger partial charge in [-0.15, -0.1) is 12.4 Å². The number of hydrogen-bond donors (Lipinski definition) is 2. The molecule has 0 aromatic heterocycles. The Bertz CT molecular complexity index is 552. The van der Waals surface area contributed by atoms with Crippen molar-refractivity contribution < 1.29 is 18.7 Å². The molecule has 1 atom stereocenters. The number of hydrogen-bond acceptors (Lipinski definition) is 4. The van der Waals surface area contributed by atoms with Crippen molar-refractivity contribution in [3.8, 4) is 5.75 Å². The van der Waals surface area contributed by atoms with E-state index in [1.807, 2.05) is 6.92 Å². The number of carbonyl (C=O) groups excluding carboxylic acids is 1. The lowest BCUT2D eigenvalue weighted by atomic mass is 9.88. The molecular weight excluding hydrogens is 311 g/mol. The van der Waals surface area contributed by atoms with Crippen molar-refractivity contribution in [3.63, 3.8) is 0 Å². The zero-order valence-corrected chi connectivity index (χ0v) is 13.2. The van der Waals surface area contributed by atoms with Gasteiger partial charge >= 0.3 is 0 Å². The van der Waals surface area contributed by atoms with Gasteiger partial charge in [0.2, 0.25) is 5.91 Å². The van der Waals surface area contributed by atoms with Crippen LogP contribution in [-0.2, 0) is 22.7 Å². The Hall–Kier alpha value is -1.37. The molecule has 122 valence electrons. The molecule has 0 radical (unpaired) electrons. The minimum absolute atomic E-state index is 0. The average molecular weight is 331 g/mol. The first-order valence-electron chi connectivity index (χ1n) is 7.15. The lowest BCUT2D eigenvalue weighted by Crippen LogP contribution is -2.49. The molecule has 1 amide bonds. The van der Waals surface area contributed by atoms with Gasteiger partial charge < -0.3 is 20.1 Å². The molecule has 3 rings (SSSR count). The van der Waals surface area contributed by atoms with Gasteiger partial charge in [-0.3, -0.25) is 4.79 Å². The molecular formula is C15H20ClFN2O3. The van der Waals surface area contributed by atoms with Crippen LogP contribution in [0.1, 0.15) is 18.1 Å². The smallest absolute Gasteiger partial charge is 0.223 e. The largest absolute Gasteiger partial charge is 0.467 e. The fourth-order valence-corrected chi connectivity index (χ4v) is 2.61. The summed E-state index contributed by atoms with van der Waals surface area (Å²) in [4.78, 5) is 12.1. The number of halogens is 2. The summed E-state index contributed by atoms with van der Waals surface area (Å²) in [5.41, 5.74) is 1.34. The Morgan fingerprint density at radius 3 is 2.95 bits per heavy atom. The van der Waals surface area contributed by atoms with Crippen LogP contribution in [0.4, 0.5) is 4.39 Å². The number of nitrogens with one attached hydrogen (secondary N) is 2. The third-order valence-electron chi connectivity index (χ3n) is 4.14. The van der Waals surface area contributed by atoms with E-state index >= 15 is 0 Å². The monoisotopic (exact) mass is 330 g/mol. The van der Waals surface area contributed by atoms with Crippen LogP contribution in [0.3, 0.4) is 0 Å². The number of rotatable bonds is 4. The Kier molecular flexibility index (Phi) is 5.61. The summed E-state index contributed by atoms with van der Waals surface area (Å²) < 4.78 is 24.2. The Morgan fingerprint density at radius 1 is 1.50 bits per heavy atom. The third kappa shape index (κ3) is 3.51. The number of amides is 1. The van der Waals surface area contributed by atoms with Gasteiger partial charge in [0, 0.05) is 23.6 Å². The maximum absolute atomic E-state index is 13.6. The van der Waals surface area contributed by atoms with Gasteiger partial charge in [0.15, 0.2) is 6.79 Å². The van der Waals surface area contributed by atoms with E-state index in [9.17, 15) is 9.18 Å². The third-order valence-corrected chi connectivity index (χ3v) is 4.14. The fourth-order valence-electron chi connectivity index (χ4n) is 2.61. The van der Waals surface area contributed by atoms with Crippen molar-refractivity contribution in [2.45, 2.75) is 20.1 Å². The molecule has 2 aliphatic heterocycles. The molecule has 1 unspecified atom stereocenters. The summed E-state index contributed by atoms with van der Waals surface area (Å²) >= 11 is 0. The van der Waals surface area contributed by atoms with Gasteiger partial charge in [-0.05, 0) is 31.1 Å². The molecule has 0 bridgehead atoms. The van der Waals surface area contributed by atoms with Crippen LogP contribution < -0.4 is 15.4 Å². The highest BCUT2D eigenvalue weighted by molar-refractivity contribution is 5.85. The van der Waals surface area contributed by atoms with E-state index in [2.05, 4.69) is 10.6 Å². The second-order valence-electron chi connectivity index (χ2n) is 5.59. The van der Waals surface area contributed by atoms with Crippen LogP contribution in [-0.4, -0.2) is 25.8 Å². The van der Waals surface area contributed by atoms with E-state index in [1.54, 1.807) is 0 Å². The van der Waals surface area contributed by atoms with Gasteiger partial charge in [0.25, 0.3) is 0 Å². The molecule has 7 heteroatoms. The van der Waals surface area contributed by atoms with E-state index in [-0.39, 0.29) is 43.4 Å². The average Bonchev–Trinajstić information content (AvgIpc) is 2.42. The molecule has 2 aliphatic rings. The van der Waals surface area contributed by atoms with Crippen molar-refractivity contribution >= 4 is 18.3 Å². The van der Waals surface area contributed by atoms with E-state index in [0.717, 1.165) is 13.1 Å². The molecule has 2 heterocycles. The van der Waals surface area contributed by atoms with Crippen molar-refractivity contribution in [2.75, 3.05) is 19.9 Å². The van der Waals surface area contributed by atoms with Gasteiger partial charge in [0.1, 0.15) is 11.6 Å². The van der Waals surface area contributed by atoms with Crippen LogP contribution in [0.5, 0.6) is 5.75 Å². The first-order valence-corrected chi connectivity index (χ1v) is 7.15. The van der Waals surface area contributed by atoms with Crippen molar-refractivity contribution in [1.29, 1.82) is 0 Å². The lowest BCUT2D eigenvalue weighted by Gasteiger charge is -2.31. The standard InChI is InChI=1S/C15H19FN2O3.ClH/c1-9(12-4-17-5-12)15(19)18-6-10-2-13(16)3-11-7-20-8-21-14(10)11;/h2-3,9,12,17H,4-8H2,1H3,(H,18,19);1H. The second-order valence-corrected chi connectivity index (χ2v) is 5.59. The first-order chi connectivity index (χ1) is 10.1. The van der Waals surface area contributed by atoms with Crippen molar-refractivity contribution in [3.05, 3.63) is 29.1 Å². The normalized spacial score (nSPS) is 18.3. The van der Waals surface area contributed by atoms with Crippen LogP contribution in [0.15, 0.2) is 12.1 Å². The minimum Gasteiger partial charge on any atom is -0.467 e. The molecule has 1 aromatic carbocycles. The van der Waals surface area contributed by atoms with Gasteiger partial charge in [-0.25, -0.2) is 4.39 Å². The van der Waals surface area contributed by atoms with Crippen molar-refractivity contribution in [1.82, 2.24) is 10.6 Å². The van der Waals surface area contributed by atoms with E-state index in [4.69, 9.17) is 9.47 Å². The fraction of sp³-hybridized carbons (Fsp3) is 0.533. The summed E-state index contributed by atoms with van der Waals surface area (Å²) in [7, 11) is 0. The number of fused-ring (bicyclic) bond motifs is 1. The highest BCUT2D eigenvalue weighted by Gasteiger charge is 2.28. The number of ether oxygens (including phenoxy) is 2. The molecule has 2 N–H and O–H groups in total. The highest BCUT2D eigenvalue weighted by Crippen LogP contribution is 2.29. The zero-order valence-electron chi connectivity index (χ0n) is 12.4. The topological polar surface area (TPSA) is 59.6 Å². The number of benzene rings is 1. The molecule has 0 saturated carbocycles. The van der Waals surface area contributed by atoms with Crippen LogP contribution in [0.25, 0.3) is 0 Å². The highest BCUT2D eigenvalue weighted by atomic mass is 35.5. The number of carbonyl (C=O) groups is 1.